The van der Waals surface area contributed by atoms with E-state index in [1.807, 2.05) is 30.3 Å². The average Bonchev–Trinajstić information content (AvgIpc) is 2.38. The van der Waals surface area contributed by atoms with Gasteiger partial charge in [0.1, 0.15) is 0 Å². The summed E-state index contributed by atoms with van der Waals surface area (Å²) in [5.41, 5.74) is 1.80. The highest BCUT2D eigenvalue weighted by Crippen LogP contribution is 2.26. The normalized spacial score (nSPS) is 10.3. The number of ketones is 1. The molecule has 0 fully saturated rings. The van der Waals surface area contributed by atoms with Gasteiger partial charge in [0, 0.05) is 28.6 Å². The number of pyridine rings is 1. The highest BCUT2D eigenvalue weighted by molar-refractivity contribution is 7.98. The van der Waals surface area contributed by atoms with E-state index in [0.29, 0.717) is 5.02 Å². The smallest absolute Gasteiger partial charge is 0.159 e. The Bertz CT molecular complexity index is 554. The molecule has 18 heavy (non-hydrogen) atoms. The van der Waals surface area contributed by atoms with E-state index in [0.717, 1.165) is 21.8 Å². The molecule has 0 amide bonds. The fraction of sp³-hybridized carbons (Fsp3) is 0.143. The zero-order valence-corrected chi connectivity index (χ0v) is 11.5. The number of hydrogen-bond donors (Lipinski definition) is 0. The monoisotopic (exact) mass is 277 g/mol. The van der Waals surface area contributed by atoms with Crippen LogP contribution >= 0.6 is 23.4 Å². The van der Waals surface area contributed by atoms with Crippen molar-refractivity contribution in [3.63, 3.8) is 0 Å². The van der Waals surface area contributed by atoms with Crippen molar-refractivity contribution in [2.45, 2.75) is 17.6 Å². The molecule has 1 aromatic heterocycles. The summed E-state index contributed by atoms with van der Waals surface area (Å²) in [6.07, 6.45) is 3.39. The van der Waals surface area contributed by atoms with E-state index in [-0.39, 0.29) is 5.78 Å². The van der Waals surface area contributed by atoms with E-state index in [1.165, 1.54) is 0 Å². The van der Waals surface area contributed by atoms with Crippen molar-refractivity contribution >= 4 is 29.1 Å². The van der Waals surface area contributed by atoms with Crippen molar-refractivity contribution in [2.75, 3.05) is 0 Å². The molecule has 92 valence electrons. The first kappa shape index (κ1) is 13.1. The van der Waals surface area contributed by atoms with Crippen molar-refractivity contribution in [1.82, 2.24) is 4.98 Å². The van der Waals surface area contributed by atoms with Gasteiger partial charge < -0.3 is 0 Å². The maximum Gasteiger partial charge on any atom is 0.159 e. The minimum atomic E-state index is 0.0868. The number of halogens is 1. The molecule has 0 spiro atoms. The van der Waals surface area contributed by atoms with Crippen LogP contribution in [0.25, 0.3) is 0 Å². The Kier molecular flexibility index (Phi) is 4.39. The molecule has 2 aromatic rings. The molecule has 0 unspecified atom stereocenters. The van der Waals surface area contributed by atoms with Crippen LogP contribution in [0.4, 0.5) is 0 Å². The van der Waals surface area contributed by atoms with Crippen LogP contribution in [0.2, 0.25) is 5.02 Å². The van der Waals surface area contributed by atoms with Gasteiger partial charge >= 0.3 is 0 Å². The molecule has 0 N–H and O–H groups in total. The van der Waals surface area contributed by atoms with Crippen LogP contribution in [0.1, 0.15) is 22.8 Å². The lowest BCUT2D eigenvalue weighted by Crippen LogP contribution is -1.90. The summed E-state index contributed by atoms with van der Waals surface area (Å²) >= 11 is 7.72. The van der Waals surface area contributed by atoms with Gasteiger partial charge in [0.15, 0.2) is 5.78 Å². The van der Waals surface area contributed by atoms with Gasteiger partial charge in [-0.15, -0.1) is 11.8 Å². The third-order valence-corrected chi connectivity index (χ3v) is 3.91. The Morgan fingerprint density at radius 2 is 2.00 bits per heavy atom. The van der Waals surface area contributed by atoms with Gasteiger partial charge in [0.2, 0.25) is 0 Å². The number of aromatic nitrogens is 1. The summed E-state index contributed by atoms with van der Waals surface area (Å²) in [7, 11) is 0. The lowest BCUT2D eigenvalue weighted by atomic mass is 10.2. The first-order valence-corrected chi connectivity index (χ1v) is 6.85. The van der Waals surface area contributed by atoms with Gasteiger partial charge in [-0.1, -0.05) is 23.7 Å². The van der Waals surface area contributed by atoms with Crippen LogP contribution in [0, 0.1) is 0 Å². The van der Waals surface area contributed by atoms with E-state index in [2.05, 4.69) is 4.98 Å². The van der Waals surface area contributed by atoms with E-state index in [1.54, 1.807) is 31.1 Å². The number of carbonyl (C=O) groups excluding carboxylic acids is 1. The Labute approximate surface area is 115 Å². The fourth-order valence-corrected chi connectivity index (χ4v) is 2.64. The van der Waals surface area contributed by atoms with Crippen molar-refractivity contribution < 1.29 is 4.79 Å². The quantitative estimate of drug-likeness (QED) is 0.619. The number of benzene rings is 1. The zero-order valence-electron chi connectivity index (χ0n) is 9.89. The zero-order chi connectivity index (χ0) is 13.0. The van der Waals surface area contributed by atoms with Gasteiger partial charge in [-0.3, -0.25) is 9.78 Å². The molecule has 0 bridgehead atoms. The topological polar surface area (TPSA) is 30.0 Å². The van der Waals surface area contributed by atoms with Crippen LogP contribution in [-0.2, 0) is 5.75 Å². The molecule has 0 atom stereocenters. The molecule has 2 rings (SSSR count). The lowest BCUT2D eigenvalue weighted by molar-refractivity contribution is 0.101. The number of Topliss-reactive ketones (excluding diaryl/α,β-unsaturated/α-hetero) is 1. The second-order valence-electron chi connectivity index (χ2n) is 3.84. The Morgan fingerprint density at radius 1 is 1.28 bits per heavy atom. The fourth-order valence-electron chi connectivity index (χ4n) is 1.47. The third kappa shape index (κ3) is 3.34. The molecule has 1 aromatic carbocycles. The Morgan fingerprint density at radius 3 is 2.61 bits per heavy atom. The van der Waals surface area contributed by atoms with Crippen LogP contribution in [0.3, 0.4) is 0 Å². The van der Waals surface area contributed by atoms with Crippen molar-refractivity contribution in [2.24, 2.45) is 0 Å². The van der Waals surface area contributed by atoms with Crippen LogP contribution < -0.4 is 0 Å². The predicted octanol–water partition coefficient (Wildman–Crippen LogP) is 4.23. The van der Waals surface area contributed by atoms with Crippen LogP contribution in [-0.4, -0.2) is 10.8 Å². The average molecular weight is 278 g/mol. The number of thioether (sulfide) groups is 1. The van der Waals surface area contributed by atoms with Gasteiger partial charge in [-0.2, -0.15) is 0 Å². The largest absolute Gasteiger partial charge is 0.295 e. The molecular weight excluding hydrogens is 266 g/mol. The van der Waals surface area contributed by atoms with Crippen LogP contribution in [0.5, 0.6) is 0 Å². The standard InChI is InChI=1S/C14H12ClNOS/c1-10(17)11-2-4-13(5-3-11)18-9-12-6-7-16-8-14(12)15/h2-8H,9H2,1H3. The minimum Gasteiger partial charge on any atom is -0.295 e. The van der Waals surface area contributed by atoms with Crippen molar-refractivity contribution in [3.8, 4) is 0 Å². The summed E-state index contributed by atoms with van der Waals surface area (Å²) in [5.74, 6) is 0.879. The number of carbonyl (C=O) groups is 1. The maximum absolute atomic E-state index is 11.1. The highest BCUT2D eigenvalue weighted by atomic mass is 35.5. The Hall–Kier alpha value is -1.32. The van der Waals surface area contributed by atoms with E-state index in [4.69, 9.17) is 11.6 Å². The molecule has 0 saturated carbocycles. The SMILES string of the molecule is CC(=O)c1ccc(SCc2ccncc2Cl)cc1. The number of hydrogen-bond acceptors (Lipinski definition) is 3. The molecule has 0 radical (unpaired) electrons. The van der Waals surface area contributed by atoms with Crippen molar-refractivity contribution in [3.05, 3.63) is 58.9 Å². The summed E-state index contributed by atoms with van der Waals surface area (Å²) in [4.78, 5) is 16.2. The highest BCUT2D eigenvalue weighted by Gasteiger charge is 2.02. The second-order valence-corrected chi connectivity index (χ2v) is 5.29. The number of rotatable bonds is 4. The Balaban J connectivity index is 2.02. The molecule has 1 heterocycles. The maximum atomic E-state index is 11.1. The molecule has 0 aliphatic heterocycles. The summed E-state index contributed by atoms with van der Waals surface area (Å²) in [6, 6.07) is 9.52. The lowest BCUT2D eigenvalue weighted by Gasteiger charge is -2.04. The number of nitrogens with zero attached hydrogens (tertiary/aromatic N) is 1. The molecule has 0 aliphatic carbocycles. The molecular formula is C14H12ClNOS. The molecule has 2 nitrogen and oxygen atoms in total. The van der Waals surface area contributed by atoms with Gasteiger partial charge in [-0.25, -0.2) is 0 Å². The van der Waals surface area contributed by atoms with Gasteiger partial charge in [0.25, 0.3) is 0 Å². The van der Waals surface area contributed by atoms with E-state index < -0.39 is 0 Å². The first-order chi connectivity index (χ1) is 8.66. The van der Waals surface area contributed by atoms with E-state index in [9.17, 15) is 4.79 Å². The summed E-state index contributed by atoms with van der Waals surface area (Å²) in [6.45, 7) is 1.57. The minimum absolute atomic E-state index is 0.0868. The van der Waals surface area contributed by atoms with Gasteiger partial charge in [0.05, 0.1) is 5.02 Å². The molecule has 0 aliphatic rings. The first-order valence-electron chi connectivity index (χ1n) is 5.49. The third-order valence-electron chi connectivity index (χ3n) is 2.51. The summed E-state index contributed by atoms with van der Waals surface area (Å²) < 4.78 is 0. The molecule has 4 heteroatoms. The van der Waals surface area contributed by atoms with Crippen LogP contribution in [0.15, 0.2) is 47.6 Å². The van der Waals surface area contributed by atoms with E-state index >= 15 is 0 Å². The summed E-state index contributed by atoms with van der Waals surface area (Å²) in [5, 5.41) is 0.686. The van der Waals surface area contributed by atoms with Crippen molar-refractivity contribution in [1.29, 1.82) is 0 Å². The second kappa shape index (κ2) is 6.03. The molecule has 0 saturated heterocycles. The predicted molar refractivity (Wildman–Crippen MR) is 75.3 cm³/mol. The van der Waals surface area contributed by atoms with Gasteiger partial charge in [-0.05, 0) is 30.7 Å².